The predicted molar refractivity (Wildman–Crippen MR) is 132 cm³/mol. The summed E-state index contributed by atoms with van der Waals surface area (Å²) < 4.78 is 19.4. The van der Waals surface area contributed by atoms with E-state index >= 15 is 0 Å². The summed E-state index contributed by atoms with van der Waals surface area (Å²) in [7, 11) is 3.10. The van der Waals surface area contributed by atoms with Crippen molar-refractivity contribution >= 4 is 50.6 Å². The number of ether oxygens (including phenoxy) is 3. The third-order valence-electron chi connectivity index (χ3n) is 5.12. The van der Waals surface area contributed by atoms with Crippen molar-refractivity contribution in [1.82, 2.24) is 4.57 Å². The molecule has 3 heterocycles. The van der Waals surface area contributed by atoms with E-state index in [1.165, 1.54) is 27.2 Å². The van der Waals surface area contributed by atoms with Crippen LogP contribution >= 0.6 is 38.6 Å². The molecule has 172 valence electrons. The number of rotatable bonds is 6. The van der Waals surface area contributed by atoms with Gasteiger partial charge in [-0.3, -0.25) is 9.36 Å². The van der Waals surface area contributed by atoms with Crippen LogP contribution in [-0.2, 0) is 9.53 Å². The van der Waals surface area contributed by atoms with Crippen molar-refractivity contribution in [2.45, 2.75) is 19.9 Å². The van der Waals surface area contributed by atoms with Gasteiger partial charge >= 0.3 is 5.97 Å². The molecule has 1 aliphatic heterocycles. The van der Waals surface area contributed by atoms with E-state index in [0.717, 1.165) is 8.66 Å². The Balaban J connectivity index is 2.02. The minimum atomic E-state index is -0.775. The van der Waals surface area contributed by atoms with Crippen molar-refractivity contribution in [3.8, 4) is 11.5 Å². The quantitative estimate of drug-likeness (QED) is 0.439. The molecule has 1 aromatic carbocycles. The van der Waals surface area contributed by atoms with Gasteiger partial charge in [0.1, 0.15) is 17.5 Å². The first-order valence-electron chi connectivity index (χ1n) is 10.0. The van der Waals surface area contributed by atoms with Gasteiger partial charge in [0.25, 0.3) is 5.56 Å². The van der Waals surface area contributed by atoms with Gasteiger partial charge in [-0.2, -0.15) is 0 Å². The van der Waals surface area contributed by atoms with Crippen molar-refractivity contribution in [3.63, 3.8) is 0 Å². The number of aromatic nitrogens is 1. The van der Waals surface area contributed by atoms with Gasteiger partial charge < -0.3 is 14.2 Å². The molecule has 33 heavy (non-hydrogen) atoms. The van der Waals surface area contributed by atoms with Crippen LogP contribution in [0.2, 0.25) is 0 Å². The number of methoxy groups -OCH3 is 2. The highest BCUT2D eigenvalue weighted by molar-refractivity contribution is 9.11. The van der Waals surface area contributed by atoms with Gasteiger partial charge in [-0.05, 0) is 66.2 Å². The molecule has 0 N–H and O–H groups in total. The smallest absolute Gasteiger partial charge is 0.338 e. The number of carbonyl (C=O) groups is 1. The number of hydrogen-bond donors (Lipinski definition) is 0. The second-order valence-corrected chi connectivity index (χ2v) is 10.6. The molecule has 4 rings (SSSR count). The summed E-state index contributed by atoms with van der Waals surface area (Å²) in [4.78, 5) is 32.7. The Morgan fingerprint density at radius 3 is 2.64 bits per heavy atom. The molecule has 2 aromatic heterocycles. The highest BCUT2D eigenvalue weighted by Gasteiger charge is 2.35. The lowest BCUT2D eigenvalue weighted by Crippen LogP contribution is -2.40. The van der Waals surface area contributed by atoms with Gasteiger partial charge in [0.05, 0.1) is 40.4 Å². The van der Waals surface area contributed by atoms with E-state index in [1.54, 1.807) is 46.3 Å². The third-order valence-corrected chi connectivity index (χ3v) is 7.67. The molecule has 0 bridgehead atoms. The Kier molecular flexibility index (Phi) is 6.87. The van der Waals surface area contributed by atoms with Gasteiger partial charge in [-0.15, -0.1) is 11.3 Å². The van der Waals surface area contributed by atoms with Crippen LogP contribution < -0.4 is 24.4 Å². The van der Waals surface area contributed by atoms with Gasteiger partial charge in [-0.1, -0.05) is 11.3 Å². The number of fused-ring (bicyclic) bond motifs is 1. The summed E-state index contributed by atoms with van der Waals surface area (Å²) in [6.45, 7) is 3.69. The Morgan fingerprint density at radius 2 is 2.00 bits per heavy atom. The molecule has 3 aromatic rings. The molecule has 1 aliphatic rings. The van der Waals surface area contributed by atoms with Crippen LogP contribution in [0.15, 0.2) is 55.2 Å². The van der Waals surface area contributed by atoms with Crippen molar-refractivity contribution in [2.24, 2.45) is 4.99 Å². The molecule has 7 nitrogen and oxygen atoms in total. The number of hydrogen-bond acceptors (Lipinski definition) is 8. The molecule has 0 saturated carbocycles. The van der Waals surface area contributed by atoms with E-state index in [-0.39, 0.29) is 12.2 Å². The van der Waals surface area contributed by atoms with Gasteiger partial charge in [0.2, 0.25) is 0 Å². The highest BCUT2D eigenvalue weighted by Crippen LogP contribution is 2.37. The van der Waals surface area contributed by atoms with Crippen LogP contribution in [0.4, 0.5) is 0 Å². The second-order valence-electron chi connectivity index (χ2n) is 7.05. The normalized spacial score (nSPS) is 15.8. The minimum absolute atomic E-state index is 0.204. The monoisotopic (exact) mass is 548 g/mol. The zero-order valence-corrected chi connectivity index (χ0v) is 21.6. The van der Waals surface area contributed by atoms with Crippen LogP contribution in [0, 0.1) is 0 Å². The molecule has 0 radical (unpaired) electrons. The molecule has 0 aliphatic carbocycles. The molecular weight excluding hydrogens is 528 g/mol. The first-order chi connectivity index (χ1) is 15.9. The van der Waals surface area contributed by atoms with E-state index in [1.807, 2.05) is 18.2 Å². The number of benzene rings is 1. The number of halogens is 1. The fraction of sp³-hybridized carbons (Fsp3) is 0.261. The zero-order valence-electron chi connectivity index (χ0n) is 18.4. The summed E-state index contributed by atoms with van der Waals surface area (Å²) in [6, 6.07) is 8.38. The molecule has 0 unspecified atom stereocenters. The van der Waals surface area contributed by atoms with Crippen molar-refractivity contribution < 1.29 is 19.0 Å². The molecule has 0 spiro atoms. The van der Waals surface area contributed by atoms with Crippen LogP contribution in [0.5, 0.6) is 11.5 Å². The van der Waals surface area contributed by atoms with Gasteiger partial charge in [0, 0.05) is 10.4 Å². The van der Waals surface area contributed by atoms with E-state index in [2.05, 4.69) is 20.9 Å². The number of thiazole rings is 1. The Hall–Kier alpha value is -2.69. The van der Waals surface area contributed by atoms with Crippen molar-refractivity contribution in [1.29, 1.82) is 0 Å². The lowest BCUT2D eigenvalue weighted by atomic mass is 9.95. The summed E-state index contributed by atoms with van der Waals surface area (Å²) in [5.74, 6) is 0.577. The molecule has 1 atom stereocenters. The maximum absolute atomic E-state index is 13.6. The van der Waals surface area contributed by atoms with E-state index < -0.39 is 12.0 Å². The average molecular weight is 549 g/mol. The zero-order chi connectivity index (χ0) is 23.7. The van der Waals surface area contributed by atoms with E-state index in [0.29, 0.717) is 37.7 Å². The van der Waals surface area contributed by atoms with Gasteiger partial charge in [0.15, 0.2) is 4.80 Å². The summed E-state index contributed by atoms with van der Waals surface area (Å²) in [5.41, 5.74) is 1.16. The summed E-state index contributed by atoms with van der Waals surface area (Å²) in [6.07, 6.45) is 1.84. The summed E-state index contributed by atoms with van der Waals surface area (Å²) in [5, 5.41) is 0. The molecule has 0 amide bonds. The lowest BCUT2D eigenvalue weighted by Gasteiger charge is -2.26. The van der Waals surface area contributed by atoms with Crippen LogP contribution in [0.3, 0.4) is 0 Å². The largest absolute Gasteiger partial charge is 0.497 e. The first-order valence-corrected chi connectivity index (χ1v) is 12.5. The van der Waals surface area contributed by atoms with Crippen LogP contribution in [-0.4, -0.2) is 31.4 Å². The van der Waals surface area contributed by atoms with Crippen LogP contribution in [0.25, 0.3) is 6.08 Å². The Morgan fingerprint density at radius 1 is 1.21 bits per heavy atom. The molecular formula is C23H21BrN2O5S2. The first kappa shape index (κ1) is 23.5. The third kappa shape index (κ3) is 4.42. The molecule has 0 fully saturated rings. The maximum atomic E-state index is 13.6. The topological polar surface area (TPSA) is 79.1 Å². The van der Waals surface area contributed by atoms with Crippen molar-refractivity contribution in [3.05, 3.63) is 75.5 Å². The number of carbonyl (C=O) groups excluding carboxylic acids is 1. The van der Waals surface area contributed by atoms with Crippen LogP contribution in [0.1, 0.15) is 30.3 Å². The van der Waals surface area contributed by atoms with Crippen molar-refractivity contribution in [2.75, 3.05) is 20.8 Å². The Labute approximate surface area is 206 Å². The maximum Gasteiger partial charge on any atom is 0.338 e. The standard InChI is InChI=1S/C23H21BrN2O5S2/c1-5-31-22(28)19-12(2)25-23-26(20(19)15-10-13(29-3)6-8-16(15)30-4)21(27)17(33-23)11-14-7-9-18(24)32-14/h6-11,20H,5H2,1-4H3/t20-/m1/s1. The van der Waals surface area contributed by atoms with Gasteiger partial charge in [-0.25, -0.2) is 9.79 Å². The Bertz CT molecular complexity index is 1430. The lowest BCUT2D eigenvalue weighted by molar-refractivity contribution is -0.139. The number of esters is 1. The van der Waals surface area contributed by atoms with E-state index in [4.69, 9.17) is 14.2 Å². The fourth-order valence-electron chi connectivity index (χ4n) is 3.67. The molecule has 10 heteroatoms. The summed E-state index contributed by atoms with van der Waals surface area (Å²) >= 11 is 6.26. The highest BCUT2D eigenvalue weighted by atomic mass is 79.9. The second kappa shape index (κ2) is 9.66. The number of thiophene rings is 1. The average Bonchev–Trinajstić information content (AvgIpc) is 3.34. The molecule has 0 saturated heterocycles. The fourth-order valence-corrected chi connectivity index (χ4v) is 6.15. The number of nitrogens with zero attached hydrogens (tertiary/aromatic N) is 2. The minimum Gasteiger partial charge on any atom is -0.497 e. The number of allylic oxidation sites excluding steroid dienone is 1. The SMILES string of the molecule is CCOC(=O)C1=C(C)N=c2sc(=Cc3ccc(Br)s3)c(=O)n2[C@@H]1c1cc(OC)ccc1OC. The predicted octanol–water partition coefficient (Wildman–Crippen LogP) is 3.64. The van der Waals surface area contributed by atoms with E-state index in [9.17, 15) is 9.59 Å².